The van der Waals surface area contributed by atoms with E-state index < -0.39 is 0 Å². The van der Waals surface area contributed by atoms with Crippen LogP contribution in [0.5, 0.6) is 11.5 Å². The third kappa shape index (κ3) is 2.96. The van der Waals surface area contributed by atoms with Crippen molar-refractivity contribution in [2.75, 3.05) is 6.61 Å². The van der Waals surface area contributed by atoms with Crippen molar-refractivity contribution in [3.8, 4) is 22.8 Å². The third-order valence-corrected chi connectivity index (χ3v) is 4.44. The molecule has 0 bridgehead atoms. The highest BCUT2D eigenvalue weighted by Crippen LogP contribution is 2.31. The Balaban J connectivity index is 1.52. The smallest absolute Gasteiger partial charge is 0.161 e. The summed E-state index contributed by atoms with van der Waals surface area (Å²) in [6.45, 7) is 9.52. The molecule has 0 N–H and O–H groups in total. The lowest BCUT2D eigenvalue weighted by Crippen LogP contribution is -2.33. The van der Waals surface area contributed by atoms with Gasteiger partial charge in [0.05, 0.1) is 25.0 Å². The quantitative estimate of drug-likeness (QED) is 0.661. The molecule has 3 aromatic rings. The molecule has 0 saturated heterocycles. The Morgan fingerprint density at radius 3 is 2.88 bits per heavy atom. The standard InChI is InChI=1S/C19H21N5O2/c1-4-9-24-14(3)19(13(2)21-24)16-11-23(22-20-16)10-15-12-25-17-7-5-6-8-18(17)26-15/h4-8,11,15H,1,9-10,12H2,2-3H3/t15-/m1/s1. The van der Waals surface area contributed by atoms with Gasteiger partial charge in [0.25, 0.3) is 0 Å². The Bertz CT molecular complexity index is 943. The number of benzene rings is 1. The van der Waals surface area contributed by atoms with Crippen molar-refractivity contribution in [1.29, 1.82) is 0 Å². The van der Waals surface area contributed by atoms with E-state index in [4.69, 9.17) is 9.47 Å². The first-order valence-corrected chi connectivity index (χ1v) is 8.59. The number of hydrogen-bond acceptors (Lipinski definition) is 5. The average Bonchev–Trinajstić information content (AvgIpc) is 3.19. The molecule has 4 rings (SSSR count). The van der Waals surface area contributed by atoms with E-state index in [1.165, 1.54) is 0 Å². The molecule has 0 fully saturated rings. The molecular weight excluding hydrogens is 330 g/mol. The van der Waals surface area contributed by atoms with E-state index in [0.717, 1.165) is 34.1 Å². The second-order valence-corrected chi connectivity index (χ2v) is 6.34. The van der Waals surface area contributed by atoms with Crippen molar-refractivity contribution in [2.45, 2.75) is 33.0 Å². The van der Waals surface area contributed by atoms with E-state index in [1.54, 1.807) is 4.68 Å². The molecule has 0 radical (unpaired) electrons. The minimum absolute atomic E-state index is 0.106. The van der Waals surface area contributed by atoms with E-state index >= 15 is 0 Å². The summed E-state index contributed by atoms with van der Waals surface area (Å²) < 4.78 is 15.5. The molecule has 1 aliphatic rings. The van der Waals surface area contributed by atoms with Gasteiger partial charge in [0.1, 0.15) is 12.3 Å². The fourth-order valence-electron chi connectivity index (χ4n) is 3.23. The maximum absolute atomic E-state index is 5.99. The Labute approximate surface area is 151 Å². The lowest BCUT2D eigenvalue weighted by molar-refractivity contribution is 0.0755. The summed E-state index contributed by atoms with van der Waals surface area (Å²) in [4.78, 5) is 0. The van der Waals surface area contributed by atoms with Gasteiger partial charge in [0.15, 0.2) is 17.6 Å². The van der Waals surface area contributed by atoms with Gasteiger partial charge < -0.3 is 9.47 Å². The summed E-state index contributed by atoms with van der Waals surface area (Å²) in [5.41, 5.74) is 3.82. The maximum Gasteiger partial charge on any atom is 0.161 e. The van der Waals surface area contributed by atoms with Gasteiger partial charge in [0.2, 0.25) is 0 Å². The summed E-state index contributed by atoms with van der Waals surface area (Å²) in [5, 5.41) is 13.1. The highest BCUT2D eigenvalue weighted by Gasteiger charge is 2.22. The molecule has 0 aliphatic carbocycles. The van der Waals surface area contributed by atoms with Crippen molar-refractivity contribution in [2.24, 2.45) is 0 Å². The molecule has 1 aliphatic heterocycles. The number of rotatable bonds is 5. The topological polar surface area (TPSA) is 67.0 Å². The highest BCUT2D eigenvalue weighted by atomic mass is 16.6. The summed E-state index contributed by atoms with van der Waals surface area (Å²) in [6.07, 6.45) is 3.66. The van der Waals surface area contributed by atoms with Gasteiger partial charge in [-0.3, -0.25) is 4.68 Å². The Kier molecular flexibility index (Phi) is 4.20. The zero-order chi connectivity index (χ0) is 18.1. The van der Waals surface area contributed by atoms with E-state index in [0.29, 0.717) is 19.7 Å². The van der Waals surface area contributed by atoms with Crippen LogP contribution in [0.1, 0.15) is 11.4 Å². The van der Waals surface area contributed by atoms with Crippen molar-refractivity contribution >= 4 is 0 Å². The molecule has 134 valence electrons. The van der Waals surface area contributed by atoms with Gasteiger partial charge in [-0.2, -0.15) is 5.10 Å². The van der Waals surface area contributed by atoms with Crippen LogP contribution in [-0.2, 0) is 13.1 Å². The second-order valence-electron chi connectivity index (χ2n) is 6.34. The van der Waals surface area contributed by atoms with Gasteiger partial charge in [0, 0.05) is 11.3 Å². The van der Waals surface area contributed by atoms with Gasteiger partial charge in [-0.15, -0.1) is 11.7 Å². The molecule has 0 spiro atoms. The number of fused-ring (bicyclic) bond motifs is 1. The van der Waals surface area contributed by atoms with Gasteiger partial charge in [-0.05, 0) is 26.0 Å². The number of ether oxygens (including phenoxy) is 2. The number of para-hydroxylation sites is 2. The normalized spacial score (nSPS) is 15.8. The number of allylic oxidation sites excluding steroid dienone is 1. The van der Waals surface area contributed by atoms with Crippen LogP contribution in [0.15, 0.2) is 43.1 Å². The molecule has 1 atom stereocenters. The number of aromatic nitrogens is 5. The van der Waals surface area contributed by atoms with E-state index in [9.17, 15) is 0 Å². The molecule has 0 saturated carbocycles. The molecule has 26 heavy (non-hydrogen) atoms. The Hall–Kier alpha value is -3.09. The van der Waals surface area contributed by atoms with Crippen LogP contribution in [0.3, 0.4) is 0 Å². The Morgan fingerprint density at radius 1 is 1.27 bits per heavy atom. The molecule has 0 amide bonds. The summed E-state index contributed by atoms with van der Waals surface area (Å²) in [6, 6.07) is 7.69. The van der Waals surface area contributed by atoms with Crippen LogP contribution in [0.4, 0.5) is 0 Å². The molecule has 2 aromatic heterocycles. The van der Waals surface area contributed by atoms with E-state index in [-0.39, 0.29) is 6.10 Å². The minimum atomic E-state index is -0.106. The van der Waals surface area contributed by atoms with E-state index in [2.05, 4.69) is 22.0 Å². The third-order valence-electron chi connectivity index (χ3n) is 4.44. The monoisotopic (exact) mass is 351 g/mol. The molecular formula is C19H21N5O2. The van der Waals surface area contributed by atoms with E-state index in [1.807, 2.05) is 55.1 Å². The summed E-state index contributed by atoms with van der Waals surface area (Å²) in [5.74, 6) is 1.55. The largest absolute Gasteiger partial charge is 0.486 e. The molecule has 1 aromatic carbocycles. The zero-order valence-corrected chi connectivity index (χ0v) is 14.9. The lowest BCUT2D eigenvalue weighted by Gasteiger charge is -2.26. The molecule has 0 unspecified atom stereocenters. The van der Waals surface area contributed by atoms with Crippen LogP contribution in [0.2, 0.25) is 0 Å². The molecule has 7 heteroatoms. The van der Waals surface area contributed by atoms with Crippen LogP contribution in [-0.4, -0.2) is 37.5 Å². The van der Waals surface area contributed by atoms with Crippen LogP contribution < -0.4 is 9.47 Å². The maximum atomic E-state index is 5.99. The lowest BCUT2D eigenvalue weighted by atomic mass is 10.1. The summed E-state index contributed by atoms with van der Waals surface area (Å²) >= 11 is 0. The highest BCUT2D eigenvalue weighted by molar-refractivity contribution is 5.63. The SMILES string of the molecule is C=CCn1nc(C)c(-c2cn(C[C@@H]3COc4ccccc4O3)nn2)c1C. The van der Waals surface area contributed by atoms with Crippen LogP contribution in [0.25, 0.3) is 11.3 Å². The zero-order valence-electron chi connectivity index (χ0n) is 14.9. The fourth-order valence-corrected chi connectivity index (χ4v) is 3.23. The predicted octanol–water partition coefficient (Wildman–Crippen LogP) is 2.78. The van der Waals surface area contributed by atoms with Crippen molar-refractivity contribution in [1.82, 2.24) is 24.8 Å². The summed E-state index contributed by atoms with van der Waals surface area (Å²) in [7, 11) is 0. The number of aryl methyl sites for hydroxylation is 1. The number of hydrogen-bond donors (Lipinski definition) is 0. The first kappa shape index (κ1) is 16.4. The fraction of sp³-hybridized carbons (Fsp3) is 0.316. The number of nitrogens with zero attached hydrogens (tertiary/aromatic N) is 5. The van der Waals surface area contributed by atoms with Crippen molar-refractivity contribution in [3.05, 3.63) is 54.5 Å². The van der Waals surface area contributed by atoms with Gasteiger partial charge >= 0.3 is 0 Å². The molecule has 7 nitrogen and oxygen atoms in total. The van der Waals surface area contributed by atoms with Crippen molar-refractivity contribution < 1.29 is 9.47 Å². The van der Waals surface area contributed by atoms with Crippen molar-refractivity contribution in [3.63, 3.8) is 0 Å². The molecule has 3 heterocycles. The first-order valence-electron chi connectivity index (χ1n) is 8.59. The van der Waals surface area contributed by atoms with Gasteiger partial charge in [-0.1, -0.05) is 23.4 Å². The van der Waals surface area contributed by atoms with Gasteiger partial charge in [-0.25, -0.2) is 4.68 Å². The van der Waals surface area contributed by atoms with Crippen LogP contribution in [0, 0.1) is 13.8 Å². The Morgan fingerprint density at radius 2 is 2.08 bits per heavy atom. The van der Waals surface area contributed by atoms with Crippen LogP contribution >= 0.6 is 0 Å². The predicted molar refractivity (Wildman–Crippen MR) is 97.3 cm³/mol. The second kappa shape index (κ2) is 6.67. The average molecular weight is 351 g/mol. The first-order chi connectivity index (χ1) is 12.7. The minimum Gasteiger partial charge on any atom is -0.486 e.